The van der Waals surface area contributed by atoms with Crippen LogP contribution >= 0.6 is 0 Å². The second kappa shape index (κ2) is 13.7. The largest absolute Gasteiger partial charge is 0.429 e. The van der Waals surface area contributed by atoms with E-state index in [9.17, 15) is 17.6 Å². The molecule has 0 aliphatic carbocycles. The Labute approximate surface area is 265 Å². The van der Waals surface area contributed by atoms with Crippen LogP contribution in [-0.2, 0) is 12.5 Å². The third kappa shape index (κ3) is 7.14. The lowest BCUT2D eigenvalue weighted by Crippen LogP contribution is -2.23. The van der Waals surface area contributed by atoms with Crippen LogP contribution in [0.25, 0.3) is 33.4 Å². The van der Waals surface area contributed by atoms with Gasteiger partial charge in [0.2, 0.25) is 0 Å². The lowest BCUT2D eigenvalue weighted by molar-refractivity contribution is -0.187. The lowest BCUT2D eigenvalue weighted by atomic mass is 9.98. The number of aryl methyl sites for hydroxylation is 1. The van der Waals surface area contributed by atoms with Crippen LogP contribution < -0.4 is 4.74 Å². The number of alkyl halides is 2. The van der Waals surface area contributed by atoms with E-state index in [1.807, 2.05) is 12.1 Å². The van der Waals surface area contributed by atoms with Crippen LogP contribution in [0.1, 0.15) is 42.9 Å². The van der Waals surface area contributed by atoms with Crippen LogP contribution in [-0.4, -0.2) is 0 Å². The minimum absolute atomic E-state index is 0.272. The molecule has 0 aromatic heterocycles. The summed E-state index contributed by atoms with van der Waals surface area (Å²) in [4.78, 5) is 0. The number of hydrogen-bond donors (Lipinski definition) is 0. The smallest absolute Gasteiger partial charge is 0.429 e. The summed E-state index contributed by atoms with van der Waals surface area (Å²) < 4.78 is 123. The summed E-state index contributed by atoms with van der Waals surface area (Å²) in [5.74, 6) is -8.62. The quantitative estimate of drug-likeness (QED) is 0.111. The SMILES string of the molecule is CCCCCc1ccc(-c2ccc(C(F)(F)Oc3cc(F)c(-c4ccc(-c5cc(F)c(C#N)c(F)c5)c(F)c4)c(F)c3)c(F)c2)cc1. The van der Waals surface area contributed by atoms with Crippen molar-refractivity contribution < 1.29 is 39.9 Å². The van der Waals surface area contributed by atoms with Crippen molar-refractivity contribution in [2.75, 3.05) is 0 Å². The van der Waals surface area contributed by atoms with Crippen LogP contribution in [0.3, 0.4) is 0 Å². The van der Waals surface area contributed by atoms with E-state index in [1.165, 1.54) is 12.1 Å². The van der Waals surface area contributed by atoms with E-state index in [0.29, 0.717) is 29.3 Å². The summed E-state index contributed by atoms with van der Waals surface area (Å²) in [6.07, 6.45) is -0.226. The Balaban J connectivity index is 1.35. The summed E-state index contributed by atoms with van der Waals surface area (Å²) in [5, 5.41) is 8.82. The van der Waals surface area contributed by atoms with Crippen molar-refractivity contribution in [3.63, 3.8) is 0 Å². The van der Waals surface area contributed by atoms with E-state index in [-0.39, 0.29) is 16.7 Å². The number of hydrogen-bond acceptors (Lipinski definition) is 2. The number of nitriles is 1. The van der Waals surface area contributed by atoms with Crippen LogP contribution in [0, 0.1) is 46.2 Å². The van der Waals surface area contributed by atoms with Crippen LogP contribution in [0.5, 0.6) is 5.75 Å². The number of rotatable bonds is 10. The van der Waals surface area contributed by atoms with E-state index in [1.54, 1.807) is 12.1 Å². The maximum absolute atomic E-state index is 15.1. The summed E-state index contributed by atoms with van der Waals surface area (Å²) in [5.41, 5.74) is -1.72. The summed E-state index contributed by atoms with van der Waals surface area (Å²) >= 11 is 0. The maximum Gasteiger partial charge on any atom is 0.429 e. The average molecular weight is 652 g/mol. The zero-order valence-corrected chi connectivity index (χ0v) is 24.8. The molecule has 0 saturated heterocycles. The van der Waals surface area contributed by atoms with Crippen LogP contribution in [0.15, 0.2) is 84.9 Å². The molecule has 0 aliphatic rings. The molecule has 5 aromatic carbocycles. The fourth-order valence-electron chi connectivity index (χ4n) is 5.20. The predicted octanol–water partition coefficient (Wildman–Crippen LogP) is 11.3. The van der Waals surface area contributed by atoms with Gasteiger partial charge in [-0.1, -0.05) is 62.2 Å². The van der Waals surface area contributed by atoms with Crippen molar-refractivity contribution in [2.24, 2.45) is 0 Å². The van der Waals surface area contributed by atoms with Crippen LogP contribution in [0.4, 0.5) is 35.1 Å². The van der Waals surface area contributed by atoms with E-state index in [2.05, 4.69) is 11.7 Å². The highest BCUT2D eigenvalue weighted by atomic mass is 19.3. The van der Waals surface area contributed by atoms with E-state index in [4.69, 9.17) is 5.26 Å². The zero-order valence-electron chi connectivity index (χ0n) is 24.8. The number of benzene rings is 5. The summed E-state index contributed by atoms with van der Waals surface area (Å²) in [7, 11) is 0. The molecule has 0 radical (unpaired) electrons. The number of ether oxygens (including phenoxy) is 1. The minimum atomic E-state index is -4.33. The molecule has 0 amide bonds. The Hall–Kier alpha value is -5.17. The molecule has 0 saturated carbocycles. The molecule has 5 rings (SSSR count). The van der Waals surface area contributed by atoms with E-state index >= 15 is 17.6 Å². The molecule has 0 N–H and O–H groups in total. The van der Waals surface area contributed by atoms with Gasteiger partial charge in [-0.15, -0.1) is 0 Å². The van der Waals surface area contributed by atoms with Gasteiger partial charge >= 0.3 is 6.11 Å². The lowest BCUT2D eigenvalue weighted by Gasteiger charge is -2.20. The fourth-order valence-corrected chi connectivity index (χ4v) is 5.20. The van der Waals surface area contributed by atoms with Gasteiger partial charge in [-0.3, -0.25) is 0 Å². The van der Waals surface area contributed by atoms with Gasteiger partial charge in [0.15, 0.2) is 0 Å². The molecular formula is C37H25F8NO. The molecule has 2 nitrogen and oxygen atoms in total. The van der Waals surface area contributed by atoms with Gasteiger partial charge in [0, 0.05) is 17.7 Å². The van der Waals surface area contributed by atoms with E-state index in [0.717, 1.165) is 67.6 Å². The molecule has 240 valence electrons. The third-order valence-corrected chi connectivity index (χ3v) is 7.62. The molecular weight excluding hydrogens is 626 g/mol. The van der Waals surface area contributed by atoms with Gasteiger partial charge < -0.3 is 4.74 Å². The maximum atomic E-state index is 15.1. The first-order valence-electron chi connectivity index (χ1n) is 14.6. The highest BCUT2D eigenvalue weighted by molar-refractivity contribution is 5.73. The van der Waals surface area contributed by atoms with Crippen molar-refractivity contribution in [3.8, 4) is 45.2 Å². The zero-order chi connectivity index (χ0) is 33.9. The molecule has 0 unspecified atom stereocenters. The fraction of sp³-hybridized carbons (Fsp3) is 0.162. The molecule has 47 heavy (non-hydrogen) atoms. The van der Waals surface area contributed by atoms with E-state index < -0.39 is 63.5 Å². The van der Waals surface area contributed by atoms with Crippen molar-refractivity contribution in [3.05, 3.63) is 137 Å². The Kier molecular flexibility index (Phi) is 9.66. The molecule has 0 heterocycles. The Morgan fingerprint density at radius 2 is 1.19 bits per heavy atom. The van der Waals surface area contributed by atoms with Gasteiger partial charge in [0.05, 0.1) is 11.1 Å². The number of unbranched alkanes of at least 4 members (excludes halogenated alkanes) is 2. The second-order valence-corrected chi connectivity index (χ2v) is 10.9. The summed E-state index contributed by atoms with van der Waals surface area (Å²) in [6, 6.07) is 16.8. The molecule has 0 aliphatic heterocycles. The Morgan fingerprint density at radius 1 is 0.617 bits per heavy atom. The monoisotopic (exact) mass is 651 g/mol. The van der Waals surface area contributed by atoms with Gasteiger partial charge in [0.1, 0.15) is 52.3 Å². The van der Waals surface area contributed by atoms with Crippen molar-refractivity contribution in [2.45, 2.75) is 38.7 Å². The minimum Gasteiger partial charge on any atom is -0.429 e. The highest BCUT2D eigenvalue weighted by Crippen LogP contribution is 2.38. The molecule has 0 spiro atoms. The normalized spacial score (nSPS) is 11.4. The molecule has 5 aromatic rings. The predicted molar refractivity (Wildman–Crippen MR) is 161 cm³/mol. The topological polar surface area (TPSA) is 33.0 Å². The molecule has 10 heteroatoms. The first kappa shape index (κ1) is 33.2. The Bertz CT molecular complexity index is 1940. The second-order valence-electron chi connectivity index (χ2n) is 10.9. The number of halogens is 8. The average Bonchev–Trinajstić information content (AvgIpc) is 3.00. The highest BCUT2D eigenvalue weighted by Gasteiger charge is 2.38. The van der Waals surface area contributed by atoms with Crippen molar-refractivity contribution in [1.82, 2.24) is 0 Å². The van der Waals surface area contributed by atoms with Gasteiger partial charge in [-0.05, 0) is 71.0 Å². The summed E-state index contributed by atoms with van der Waals surface area (Å²) in [6.45, 7) is 2.10. The molecule has 0 bridgehead atoms. The van der Waals surface area contributed by atoms with Gasteiger partial charge in [-0.25, -0.2) is 26.3 Å². The van der Waals surface area contributed by atoms with Gasteiger partial charge in [-0.2, -0.15) is 14.0 Å². The standard InChI is InChI=1S/C37H25F8NO/c1-2-3-4-5-21-6-8-22(9-7-21)23-11-13-29(33(41)14-23)37(44,45)47-26-18-34(42)36(35(43)19-26)24-10-12-27(30(38)15-24)25-16-31(39)28(20-46)32(40)17-25/h6-19H,2-5H2,1H3. The Morgan fingerprint density at radius 3 is 1.77 bits per heavy atom. The van der Waals surface area contributed by atoms with Crippen LogP contribution in [0.2, 0.25) is 0 Å². The molecule has 0 fully saturated rings. The third-order valence-electron chi connectivity index (χ3n) is 7.62. The van der Waals surface area contributed by atoms with Crippen molar-refractivity contribution >= 4 is 0 Å². The van der Waals surface area contributed by atoms with Crippen molar-refractivity contribution in [1.29, 1.82) is 5.26 Å². The number of nitrogens with zero attached hydrogens (tertiary/aromatic N) is 1. The molecule has 0 atom stereocenters. The van der Waals surface area contributed by atoms with Gasteiger partial charge in [0.25, 0.3) is 0 Å². The first-order chi connectivity index (χ1) is 22.4. The first-order valence-corrected chi connectivity index (χ1v) is 14.6.